The van der Waals surface area contributed by atoms with Gasteiger partial charge in [-0.2, -0.15) is 9.97 Å². The van der Waals surface area contributed by atoms with Crippen LogP contribution in [0.25, 0.3) is 11.2 Å². The quantitative estimate of drug-likeness (QED) is 0.515. The number of nitrogens with zero attached hydrogens (tertiary/aromatic N) is 4. The summed E-state index contributed by atoms with van der Waals surface area (Å²) in [6.07, 6.45) is 10.7. The molecule has 2 saturated carbocycles. The molecule has 2 aromatic heterocycles. The highest BCUT2D eigenvalue weighted by molar-refractivity contribution is 5.86. The molecule has 2 heterocycles. The fraction of sp³-hybridized carbons (Fsp3) is 0.500. The smallest absolute Gasteiger partial charge is 0.227 e. The number of hydrogen-bond acceptors (Lipinski definition) is 6. The minimum atomic E-state index is -0.293. The van der Waals surface area contributed by atoms with E-state index in [1.54, 1.807) is 6.07 Å². The second-order valence-electron chi connectivity index (χ2n) is 8.55. The summed E-state index contributed by atoms with van der Waals surface area (Å²) in [5, 5.41) is 6.76. The van der Waals surface area contributed by atoms with Crippen molar-refractivity contribution in [1.82, 2.24) is 19.5 Å². The Bertz CT molecular complexity index is 1030. The van der Waals surface area contributed by atoms with Gasteiger partial charge in [0.1, 0.15) is 5.82 Å². The number of halogens is 2. The molecule has 9 heteroatoms. The van der Waals surface area contributed by atoms with Gasteiger partial charge >= 0.3 is 0 Å². The molecule has 0 radical (unpaired) electrons. The Morgan fingerprint density at radius 2 is 1.81 bits per heavy atom. The van der Waals surface area contributed by atoms with Gasteiger partial charge in [0.15, 0.2) is 17.0 Å². The van der Waals surface area contributed by atoms with Crippen molar-refractivity contribution in [2.24, 2.45) is 5.73 Å². The first kappa shape index (κ1) is 21.8. The van der Waals surface area contributed by atoms with Crippen LogP contribution in [0, 0.1) is 5.82 Å². The zero-order valence-corrected chi connectivity index (χ0v) is 18.2. The standard InChI is InChI=1S/C22H28FN7.ClH/c23-14-4-3-5-17(12-14)26-20-19-21(30(13-25-19)18-6-1-2-7-18)29-22(28-20)27-16-10-8-15(24)9-11-16;/h3-5,12-13,15-16,18H,1-2,6-11,24H2,(H2,26,27,28,29);1H. The van der Waals surface area contributed by atoms with E-state index >= 15 is 0 Å². The van der Waals surface area contributed by atoms with E-state index in [-0.39, 0.29) is 18.2 Å². The predicted octanol–water partition coefficient (Wildman–Crippen LogP) is 4.93. The summed E-state index contributed by atoms with van der Waals surface area (Å²) in [6.45, 7) is 0. The molecule has 1 aromatic carbocycles. The van der Waals surface area contributed by atoms with E-state index in [1.165, 1.54) is 25.0 Å². The molecule has 5 rings (SSSR count). The average Bonchev–Trinajstić information content (AvgIpc) is 3.39. The van der Waals surface area contributed by atoms with Gasteiger partial charge in [-0.05, 0) is 56.7 Å². The van der Waals surface area contributed by atoms with Crippen molar-refractivity contribution in [3.05, 3.63) is 36.4 Å². The second kappa shape index (κ2) is 9.36. The maximum atomic E-state index is 13.7. The largest absolute Gasteiger partial charge is 0.351 e. The van der Waals surface area contributed by atoms with Gasteiger partial charge in [0.2, 0.25) is 5.95 Å². The number of nitrogens with one attached hydrogen (secondary N) is 2. The molecule has 31 heavy (non-hydrogen) atoms. The fourth-order valence-corrected chi connectivity index (χ4v) is 4.67. The molecule has 0 unspecified atom stereocenters. The van der Waals surface area contributed by atoms with E-state index in [1.807, 2.05) is 12.4 Å². The molecule has 7 nitrogen and oxygen atoms in total. The Morgan fingerprint density at radius 1 is 1.03 bits per heavy atom. The van der Waals surface area contributed by atoms with Crippen LogP contribution in [0.3, 0.4) is 0 Å². The minimum absolute atomic E-state index is 0. The van der Waals surface area contributed by atoms with Crippen LogP contribution < -0.4 is 16.4 Å². The fourth-order valence-electron chi connectivity index (χ4n) is 4.67. The van der Waals surface area contributed by atoms with Gasteiger partial charge in [-0.15, -0.1) is 12.4 Å². The van der Waals surface area contributed by atoms with Crippen LogP contribution in [0.4, 0.5) is 21.8 Å². The summed E-state index contributed by atoms with van der Waals surface area (Å²) < 4.78 is 15.9. The third-order valence-corrected chi connectivity index (χ3v) is 6.33. The number of fused-ring (bicyclic) bond motifs is 1. The van der Waals surface area contributed by atoms with Crippen molar-refractivity contribution in [2.75, 3.05) is 10.6 Å². The van der Waals surface area contributed by atoms with Crippen molar-refractivity contribution in [3.8, 4) is 0 Å². The second-order valence-corrected chi connectivity index (χ2v) is 8.55. The lowest BCUT2D eigenvalue weighted by Crippen LogP contribution is -2.33. The van der Waals surface area contributed by atoms with Crippen LogP contribution in [0.5, 0.6) is 0 Å². The van der Waals surface area contributed by atoms with E-state index in [0.29, 0.717) is 41.1 Å². The first-order valence-electron chi connectivity index (χ1n) is 10.9. The molecule has 0 spiro atoms. The van der Waals surface area contributed by atoms with Gasteiger partial charge in [0.25, 0.3) is 0 Å². The summed E-state index contributed by atoms with van der Waals surface area (Å²) in [5.41, 5.74) is 8.23. The molecule has 2 fully saturated rings. The SMILES string of the molecule is Cl.NC1CCC(Nc2nc(Nc3cccc(F)c3)c3ncn(C4CCCC4)c3n2)CC1. The lowest BCUT2D eigenvalue weighted by Gasteiger charge is -2.27. The highest BCUT2D eigenvalue weighted by atomic mass is 35.5. The number of hydrogen-bond donors (Lipinski definition) is 3. The number of anilines is 3. The van der Waals surface area contributed by atoms with Crippen LogP contribution in [-0.4, -0.2) is 31.6 Å². The Balaban J connectivity index is 0.00000231. The first-order chi connectivity index (χ1) is 14.7. The van der Waals surface area contributed by atoms with Crippen molar-refractivity contribution in [2.45, 2.75) is 69.5 Å². The summed E-state index contributed by atoms with van der Waals surface area (Å²) in [6, 6.07) is 7.41. The highest BCUT2D eigenvalue weighted by Gasteiger charge is 2.24. The maximum Gasteiger partial charge on any atom is 0.227 e. The molecule has 0 atom stereocenters. The molecule has 2 aliphatic rings. The third-order valence-electron chi connectivity index (χ3n) is 6.33. The predicted molar refractivity (Wildman–Crippen MR) is 124 cm³/mol. The van der Waals surface area contributed by atoms with E-state index in [9.17, 15) is 4.39 Å². The molecule has 0 saturated heterocycles. The molecule has 0 amide bonds. The molecular formula is C22H29ClFN7. The van der Waals surface area contributed by atoms with Crippen LogP contribution in [0.1, 0.15) is 57.4 Å². The highest BCUT2D eigenvalue weighted by Crippen LogP contribution is 2.34. The molecule has 2 aliphatic carbocycles. The number of nitrogens with two attached hydrogens (primary N) is 1. The first-order valence-corrected chi connectivity index (χ1v) is 10.9. The normalized spacial score (nSPS) is 21.7. The van der Waals surface area contributed by atoms with Crippen molar-refractivity contribution in [1.29, 1.82) is 0 Å². The Hall–Kier alpha value is -2.45. The number of rotatable bonds is 5. The van der Waals surface area contributed by atoms with Gasteiger partial charge in [-0.1, -0.05) is 18.9 Å². The van der Waals surface area contributed by atoms with Gasteiger partial charge in [-0.3, -0.25) is 0 Å². The van der Waals surface area contributed by atoms with Crippen LogP contribution >= 0.6 is 12.4 Å². The molecule has 166 valence electrons. The van der Waals surface area contributed by atoms with Gasteiger partial charge < -0.3 is 20.9 Å². The van der Waals surface area contributed by atoms with Gasteiger partial charge in [0, 0.05) is 23.8 Å². The molecule has 0 aliphatic heterocycles. The Kier molecular flexibility index (Phi) is 6.57. The summed E-state index contributed by atoms with van der Waals surface area (Å²) >= 11 is 0. The van der Waals surface area contributed by atoms with Gasteiger partial charge in [-0.25, -0.2) is 9.37 Å². The average molecular weight is 446 g/mol. The monoisotopic (exact) mass is 445 g/mol. The lowest BCUT2D eigenvalue weighted by molar-refractivity contribution is 0.410. The number of imidazole rings is 1. The van der Waals surface area contributed by atoms with E-state index < -0.39 is 0 Å². The molecule has 0 bridgehead atoms. The van der Waals surface area contributed by atoms with Crippen LogP contribution in [-0.2, 0) is 0 Å². The zero-order chi connectivity index (χ0) is 20.5. The summed E-state index contributed by atoms with van der Waals surface area (Å²) in [7, 11) is 0. The van der Waals surface area contributed by atoms with Crippen molar-refractivity contribution in [3.63, 3.8) is 0 Å². The topological polar surface area (TPSA) is 93.7 Å². The third kappa shape index (κ3) is 4.75. The van der Waals surface area contributed by atoms with E-state index in [2.05, 4.69) is 20.2 Å². The molecular weight excluding hydrogens is 417 g/mol. The number of aromatic nitrogens is 4. The minimum Gasteiger partial charge on any atom is -0.351 e. The zero-order valence-electron chi connectivity index (χ0n) is 17.4. The summed E-state index contributed by atoms with van der Waals surface area (Å²) in [4.78, 5) is 14.2. The molecule has 4 N–H and O–H groups in total. The van der Waals surface area contributed by atoms with E-state index in [4.69, 9.17) is 15.7 Å². The van der Waals surface area contributed by atoms with Crippen molar-refractivity contribution < 1.29 is 4.39 Å². The lowest BCUT2D eigenvalue weighted by atomic mass is 9.92. The van der Waals surface area contributed by atoms with Gasteiger partial charge in [0.05, 0.1) is 6.33 Å². The van der Waals surface area contributed by atoms with Crippen LogP contribution in [0.2, 0.25) is 0 Å². The summed E-state index contributed by atoms with van der Waals surface area (Å²) in [5.74, 6) is 0.887. The Morgan fingerprint density at radius 3 is 2.55 bits per heavy atom. The molecule has 3 aromatic rings. The van der Waals surface area contributed by atoms with Crippen molar-refractivity contribution >= 4 is 41.0 Å². The number of benzene rings is 1. The Labute approximate surface area is 187 Å². The van der Waals surface area contributed by atoms with E-state index in [0.717, 1.165) is 44.2 Å². The van der Waals surface area contributed by atoms with Crippen LogP contribution in [0.15, 0.2) is 30.6 Å². The maximum absolute atomic E-state index is 13.7.